The summed E-state index contributed by atoms with van der Waals surface area (Å²) in [6.07, 6.45) is -5.38. The molecule has 1 N–H and O–H groups in total. The van der Waals surface area contributed by atoms with Crippen LogP contribution < -0.4 is 5.32 Å². The summed E-state index contributed by atoms with van der Waals surface area (Å²) >= 11 is 0. The largest absolute Gasteiger partial charge is 0.471 e. The van der Waals surface area contributed by atoms with Gasteiger partial charge in [0.2, 0.25) is 0 Å². The number of nitrogens with one attached hydrogen (secondary N) is 1. The predicted molar refractivity (Wildman–Crippen MR) is 55.8 cm³/mol. The molecule has 0 spiro atoms. The van der Waals surface area contributed by atoms with Gasteiger partial charge in [-0.25, -0.2) is 0 Å². The zero-order valence-electron chi connectivity index (χ0n) is 9.16. The Bertz CT molecular complexity index is 424. The van der Waals surface area contributed by atoms with Crippen molar-refractivity contribution in [2.45, 2.75) is 12.5 Å². The molecule has 1 fully saturated rings. The normalized spacial score (nSPS) is 16.8. The third kappa shape index (κ3) is 2.99. The van der Waals surface area contributed by atoms with Crippen LogP contribution in [-0.2, 0) is 14.3 Å². The van der Waals surface area contributed by atoms with Crippen molar-refractivity contribution in [2.24, 2.45) is 0 Å². The summed E-state index contributed by atoms with van der Waals surface area (Å²) in [6.45, 7) is 0.967. The first-order valence-corrected chi connectivity index (χ1v) is 5.18. The number of alkyl halides is 3. The summed E-state index contributed by atoms with van der Waals surface area (Å²) in [5.74, 6) is -2.00. The van der Waals surface area contributed by atoms with Gasteiger partial charge in [-0.15, -0.1) is 0 Å². The predicted octanol–water partition coefficient (Wildman–Crippen LogP) is 2.23. The topological polar surface area (TPSA) is 47.6 Å². The van der Waals surface area contributed by atoms with Crippen LogP contribution in [0.1, 0.15) is 11.9 Å². The molecule has 2 rings (SSSR count). The number of benzene rings is 1. The van der Waals surface area contributed by atoms with Gasteiger partial charge < -0.3 is 14.8 Å². The maximum absolute atomic E-state index is 12.0. The van der Waals surface area contributed by atoms with Crippen LogP contribution in [0.15, 0.2) is 24.3 Å². The lowest BCUT2D eigenvalue weighted by Crippen LogP contribution is -2.29. The second-order valence-corrected chi connectivity index (χ2v) is 3.65. The number of anilines is 1. The highest BCUT2D eigenvalue weighted by Crippen LogP contribution is 2.25. The first kappa shape index (κ1) is 12.8. The van der Waals surface area contributed by atoms with Gasteiger partial charge in [0, 0.05) is 11.3 Å². The monoisotopic (exact) mass is 261 g/mol. The molecule has 1 aromatic rings. The second-order valence-electron chi connectivity index (χ2n) is 3.65. The number of ether oxygens (including phenoxy) is 2. The summed E-state index contributed by atoms with van der Waals surface area (Å²) < 4.78 is 46.5. The van der Waals surface area contributed by atoms with E-state index in [-0.39, 0.29) is 5.69 Å². The van der Waals surface area contributed by atoms with Crippen LogP contribution in [0.4, 0.5) is 18.9 Å². The van der Waals surface area contributed by atoms with Gasteiger partial charge >= 0.3 is 12.1 Å². The molecule has 4 nitrogen and oxygen atoms in total. The lowest BCUT2D eigenvalue weighted by atomic mass is 10.2. The van der Waals surface area contributed by atoms with Crippen molar-refractivity contribution in [2.75, 3.05) is 18.5 Å². The van der Waals surface area contributed by atoms with Crippen LogP contribution in [0.5, 0.6) is 0 Å². The molecule has 18 heavy (non-hydrogen) atoms. The van der Waals surface area contributed by atoms with Crippen LogP contribution in [0.25, 0.3) is 0 Å². The molecule has 1 aliphatic heterocycles. The Morgan fingerprint density at radius 1 is 1.17 bits per heavy atom. The molecule has 0 aliphatic carbocycles. The van der Waals surface area contributed by atoms with E-state index < -0.39 is 18.4 Å². The van der Waals surface area contributed by atoms with E-state index in [1.54, 1.807) is 17.4 Å². The van der Waals surface area contributed by atoms with E-state index in [2.05, 4.69) is 0 Å². The highest BCUT2D eigenvalue weighted by Gasteiger charge is 2.38. The number of carbonyl (C=O) groups excluding carboxylic acids is 1. The minimum atomic E-state index is -4.89. The van der Waals surface area contributed by atoms with Crippen molar-refractivity contribution in [3.05, 3.63) is 29.8 Å². The lowest BCUT2D eigenvalue weighted by molar-refractivity contribution is -0.167. The van der Waals surface area contributed by atoms with Gasteiger partial charge in [0.15, 0.2) is 6.29 Å². The van der Waals surface area contributed by atoms with Crippen molar-refractivity contribution in [1.82, 2.24) is 0 Å². The van der Waals surface area contributed by atoms with Crippen molar-refractivity contribution in [1.29, 1.82) is 0 Å². The fourth-order valence-electron chi connectivity index (χ4n) is 1.48. The van der Waals surface area contributed by atoms with Gasteiger partial charge in [-0.05, 0) is 12.1 Å². The molecule has 1 amide bonds. The molecule has 1 heterocycles. The standard InChI is InChI=1S/C11H10F3NO3/c12-11(13,14)10(16)15-8-3-1-7(2-4-8)9-17-5-6-18-9/h1-4,9H,5-6H2,(H,15,16). The Morgan fingerprint density at radius 3 is 2.22 bits per heavy atom. The van der Waals surface area contributed by atoms with E-state index in [4.69, 9.17) is 9.47 Å². The van der Waals surface area contributed by atoms with Crippen LogP contribution in [0.3, 0.4) is 0 Å². The number of hydrogen-bond donors (Lipinski definition) is 1. The maximum Gasteiger partial charge on any atom is 0.471 e. The van der Waals surface area contributed by atoms with E-state index in [9.17, 15) is 18.0 Å². The van der Waals surface area contributed by atoms with Crippen molar-refractivity contribution < 1.29 is 27.4 Å². The fraction of sp³-hybridized carbons (Fsp3) is 0.364. The zero-order chi connectivity index (χ0) is 13.2. The Balaban J connectivity index is 2.01. The highest BCUT2D eigenvalue weighted by molar-refractivity contribution is 5.94. The van der Waals surface area contributed by atoms with Crippen LogP contribution in [0, 0.1) is 0 Å². The summed E-state index contributed by atoms with van der Waals surface area (Å²) in [5.41, 5.74) is 0.761. The fourth-order valence-corrected chi connectivity index (χ4v) is 1.48. The maximum atomic E-state index is 12.0. The number of amides is 1. The third-order valence-electron chi connectivity index (χ3n) is 2.32. The first-order chi connectivity index (χ1) is 8.47. The van der Waals surface area contributed by atoms with Crippen LogP contribution in [-0.4, -0.2) is 25.3 Å². The van der Waals surface area contributed by atoms with Gasteiger partial charge in [0.25, 0.3) is 0 Å². The molecule has 1 aliphatic rings. The van der Waals surface area contributed by atoms with Crippen molar-refractivity contribution in [3.63, 3.8) is 0 Å². The SMILES string of the molecule is O=C(Nc1ccc(C2OCCO2)cc1)C(F)(F)F. The number of hydrogen-bond acceptors (Lipinski definition) is 3. The first-order valence-electron chi connectivity index (χ1n) is 5.18. The van der Waals surface area contributed by atoms with E-state index in [0.29, 0.717) is 18.8 Å². The molecule has 1 aromatic carbocycles. The average molecular weight is 261 g/mol. The molecule has 0 unspecified atom stereocenters. The summed E-state index contributed by atoms with van der Waals surface area (Å²) in [6, 6.07) is 5.82. The molecule has 0 radical (unpaired) electrons. The average Bonchev–Trinajstić information content (AvgIpc) is 2.82. The number of halogens is 3. The molecule has 0 atom stereocenters. The molecule has 0 aromatic heterocycles. The molecule has 7 heteroatoms. The van der Waals surface area contributed by atoms with E-state index in [1.807, 2.05) is 0 Å². The van der Waals surface area contributed by atoms with Crippen molar-refractivity contribution in [3.8, 4) is 0 Å². The van der Waals surface area contributed by atoms with Gasteiger partial charge in [0.05, 0.1) is 13.2 Å². The molecule has 1 saturated heterocycles. The van der Waals surface area contributed by atoms with Crippen molar-refractivity contribution >= 4 is 11.6 Å². The molecule has 0 saturated carbocycles. The minimum Gasteiger partial charge on any atom is -0.346 e. The molecule has 0 bridgehead atoms. The second kappa shape index (κ2) is 4.95. The Kier molecular flexibility index (Phi) is 3.53. The number of rotatable bonds is 2. The quantitative estimate of drug-likeness (QED) is 0.888. The smallest absolute Gasteiger partial charge is 0.346 e. The Hall–Kier alpha value is -1.60. The van der Waals surface area contributed by atoms with Crippen LogP contribution in [0.2, 0.25) is 0 Å². The zero-order valence-corrected chi connectivity index (χ0v) is 9.16. The van der Waals surface area contributed by atoms with E-state index in [0.717, 1.165) is 0 Å². The van der Waals surface area contributed by atoms with Gasteiger partial charge in [-0.2, -0.15) is 13.2 Å². The van der Waals surface area contributed by atoms with Gasteiger partial charge in [0.1, 0.15) is 0 Å². The minimum absolute atomic E-state index is 0.0686. The van der Waals surface area contributed by atoms with E-state index >= 15 is 0 Å². The molecule has 98 valence electrons. The summed E-state index contributed by atoms with van der Waals surface area (Å²) in [5, 5.41) is 1.75. The Morgan fingerprint density at radius 2 is 1.72 bits per heavy atom. The molecular formula is C11H10F3NO3. The van der Waals surface area contributed by atoms with E-state index in [1.165, 1.54) is 12.1 Å². The molecular weight excluding hydrogens is 251 g/mol. The highest BCUT2D eigenvalue weighted by atomic mass is 19.4. The van der Waals surface area contributed by atoms with Crippen LogP contribution >= 0.6 is 0 Å². The lowest BCUT2D eigenvalue weighted by Gasteiger charge is -2.11. The summed E-state index contributed by atoms with van der Waals surface area (Å²) in [7, 11) is 0. The van der Waals surface area contributed by atoms with Gasteiger partial charge in [-0.1, -0.05) is 12.1 Å². The summed E-state index contributed by atoms with van der Waals surface area (Å²) in [4.78, 5) is 10.7. The van der Waals surface area contributed by atoms with Gasteiger partial charge in [-0.3, -0.25) is 4.79 Å². The Labute approximate surface area is 101 Å². The third-order valence-corrected chi connectivity index (χ3v) is 2.32. The number of carbonyl (C=O) groups is 1.